The first-order chi connectivity index (χ1) is 25.4. The van der Waals surface area contributed by atoms with Gasteiger partial charge in [-0.05, 0) is 105 Å². The van der Waals surface area contributed by atoms with Crippen LogP contribution in [0.4, 0.5) is 37.7 Å². The maximum Gasteiger partial charge on any atom is 0.573 e. The first kappa shape index (κ1) is 43.4. The minimum Gasteiger partial charge on any atom is -0.403 e. The Morgan fingerprint density at radius 2 is 0.830 bits per heavy atom. The van der Waals surface area contributed by atoms with Crippen LogP contribution >= 0.6 is 0 Å². The molecule has 0 fully saturated rings. The van der Waals surface area contributed by atoms with E-state index >= 15 is 0 Å². The lowest BCUT2D eigenvalue weighted by Crippen LogP contribution is -2.17. The van der Waals surface area contributed by atoms with Crippen LogP contribution in [0, 0.1) is 0 Å². The molecule has 6 nitrogen and oxygen atoms in total. The molecule has 0 unspecified atom stereocenters. The van der Waals surface area contributed by atoms with Crippen LogP contribution in [-0.2, 0) is 0 Å². The molecule has 0 aromatic heterocycles. The van der Waals surface area contributed by atoms with Gasteiger partial charge in [-0.2, -0.15) is 0 Å². The lowest BCUT2D eigenvalue weighted by atomic mass is 10.0. The summed E-state index contributed by atoms with van der Waals surface area (Å²) in [4.78, 5) is 17.2. The number of hydrogen-bond donors (Lipinski definition) is 0. The molecule has 0 aliphatic carbocycles. The number of halogens is 6. The van der Waals surface area contributed by atoms with Crippen molar-refractivity contribution >= 4 is 36.2 Å². The molecule has 0 radical (unpaired) electrons. The highest BCUT2D eigenvalue weighted by Crippen LogP contribution is 2.33. The number of rotatable bonds is 18. The fourth-order valence-electron chi connectivity index (χ4n) is 4.32. The van der Waals surface area contributed by atoms with E-state index in [0.717, 1.165) is 22.3 Å². The van der Waals surface area contributed by atoms with Crippen molar-refractivity contribution in [1.82, 2.24) is 0 Å². The molecule has 0 heterocycles. The first-order valence-corrected chi connectivity index (χ1v) is 16.5. The highest BCUT2D eigenvalue weighted by Gasteiger charge is 2.32. The Morgan fingerprint density at radius 1 is 0.509 bits per heavy atom. The minimum atomic E-state index is -4.83. The van der Waals surface area contributed by atoms with E-state index in [1.807, 2.05) is 88.5 Å². The second-order valence-corrected chi connectivity index (χ2v) is 10.5. The van der Waals surface area contributed by atoms with E-state index in [0.29, 0.717) is 19.5 Å². The normalized spacial score (nSPS) is 14.7. The van der Waals surface area contributed by atoms with Crippen LogP contribution in [0.2, 0.25) is 0 Å². The summed E-state index contributed by atoms with van der Waals surface area (Å²) < 4.78 is 84.8. The van der Waals surface area contributed by atoms with E-state index in [1.54, 1.807) is 36.7 Å². The number of nitrogens with zero attached hydrogens (tertiary/aromatic N) is 4. The summed E-state index contributed by atoms with van der Waals surface area (Å²) in [5, 5.41) is 0. The monoisotopic (exact) mass is 736 g/mol. The number of alkyl halides is 6. The fourth-order valence-corrected chi connectivity index (χ4v) is 4.32. The van der Waals surface area contributed by atoms with Gasteiger partial charge in [0.05, 0.1) is 0 Å². The summed E-state index contributed by atoms with van der Waals surface area (Å²) in [6, 6.07) is 11.3. The molecule has 0 atom stereocenters. The van der Waals surface area contributed by atoms with Gasteiger partial charge in [-0.15, -0.1) is 26.3 Å². The second-order valence-electron chi connectivity index (χ2n) is 10.5. The van der Waals surface area contributed by atoms with Crippen molar-refractivity contribution in [1.29, 1.82) is 0 Å². The molecule has 2 aromatic carbocycles. The Morgan fingerprint density at radius 3 is 1.15 bits per heavy atom. The summed E-state index contributed by atoms with van der Waals surface area (Å²) in [6.45, 7) is 8.47. The van der Waals surface area contributed by atoms with Crippen molar-refractivity contribution in [3.8, 4) is 11.5 Å². The van der Waals surface area contributed by atoms with Gasteiger partial charge in [0, 0.05) is 37.9 Å². The van der Waals surface area contributed by atoms with Gasteiger partial charge in [-0.25, -0.2) is 0 Å². The van der Waals surface area contributed by atoms with Crippen LogP contribution < -0.4 is 9.47 Å². The number of benzene rings is 2. The lowest BCUT2D eigenvalue weighted by Gasteiger charge is -2.10. The van der Waals surface area contributed by atoms with Crippen LogP contribution in [0.3, 0.4) is 0 Å². The summed E-state index contributed by atoms with van der Waals surface area (Å²) in [6.07, 6.45) is 19.1. The van der Waals surface area contributed by atoms with E-state index in [4.69, 9.17) is 0 Å². The van der Waals surface area contributed by atoms with Gasteiger partial charge in [0.1, 0.15) is 11.4 Å². The van der Waals surface area contributed by atoms with Crippen molar-refractivity contribution in [2.45, 2.75) is 46.8 Å². The standard InChI is InChI=1S/C41H42F6N4O2/c1-5-14-32(34(16-7-3)24-30-50-36-18-9-11-20-38(36)52-40(42,43)44)22-28-48-26-13-27-49-29-23-33(15-6-2)35(17-8-4)25-31-51-37-19-10-12-21-39(37)53-41(45,46)47/h5-12,14-25,28-31H,13,26-27H2,1-4H3/b14-5-,15-6-,16-7-,17-8-,32-22+,33-23+,34-24-,35-25+,48-28+,49-29+,50-30+,51-31+. The van der Waals surface area contributed by atoms with Crippen molar-refractivity contribution in [2.24, 2.45) is 20.0 Å². The second kappa shape index (κ2) is 23.6. The molecular formula is C41H42F6N4O2. The van der Waals surface area contributed by atoms with Gasteiger partial charge in [-0.3, -0.25) is 20.0 Å². The van der Waals surface area contributed by atoms with Gasteiger partial charge in [0.2, 0.25) is 0 Å². The predicted molar refractivity (Wildman–Crippen MR) is 205 cm³/mol. The average Bonchev–Trinajstić information content (AvgIpc) is 3.09. The molecule has 280 valence electrons. The third-order valence-corrected chi connectivity index (χ3v) is 6.46. The Hall–Kier alpha value is -5.78. The molecule has 53 heavy (non-hydrogen) atoms. The summed E-state index contributed by atoms with van der Waals surface area (Å²) in [7, 11) is 0. The van der Waals surface area contributed by atoms with E-state index in [-0.39, 0.29) is 11.4 Å². The van der Waals surface area contributed by atoms with Gasteiger partial charge < -0.3 is 9.47 Å². The molecule has 2 aromatic rings. The molecule has 12 heteroatoms. The number of allylic oxidation sites excluding steroid dienone is 16. The Bertz CT molecular complexity index is 1690. The van der Waals surface area contributed by atoms with Crippen LogP contribution in [-0.4, -0.2) is 50.7 Å². The highest BCUT2D eigenvalue weighted by atomic mass is 19.4. The molecular weight excluding hydrogens is 694 g/mol. The molecule has 0 aliphatic heterocycles. The third-order valence-electron chi connectivity index (χ3n) is 6.46. The first-order valence-electron chi connectivity index (χ1n) is 16.5. The quantitative estimate of drug-likeness (QED) is 0.0662. The SMILES string of the molecule is C\C=C/C(=C/C=N/c1ccccc1OC(F)(F)F)C(/C=C\C)=C/C=N/CCC/N=C/C=C(\C=C/C)C(/C=C\C)=C/C=N/c1ccccc1OC(F)(F)F. The number of hydrogen-bond acceptors (Lipinski definition) is 6. The van der Waals surface area contributed by atoms with Crippen LogP contribution in [0.15, 0.2) is 164 Å². The number of aliphatic imine (C=N–C) groups is 4. The zero-order valence-corrected chi connectivity index (χ0v) is 29.9. The Kier molecular flexibility index (Phi) is 19.4. The summed E-state index contributed by atoms with van der Waals surface area (Å²) in [5.74, 6) is -0.788. The van der Waals surface area contributed by atoms with Crippen molar-refractivity contribution in [3.63, 3.8) is 0 Å². The topological polar surface area (TPSA) is 67.9 Å². The van der Waals surface area contributed by atoms with Gasteiger partial charge >= 0.3 is 12.7 Å². The fraction of sp³-hybridized carbons (Fsp3) is 0.220. The Labute approximate surface area is 306 Å². The maximum absolute atomic E-state index is 12.8. The van der Waals surface area contributed by atoms with Gasteiger partial charge in [-0.1, -0.05) is 72.9 Å². The summed E-state index contributed by atoms with van der Waals surface area (Å²) >= 11 is 0. The van der Waals surface area contributed by atoms with E-state index in [1.165, 1.54) is 48.8 Å². The third kappa shape index (κ3) is 18.3. The van der Waals surface area contributed by atoms with Crippen LogP contribution in [0.25, 0.3) is 0 Å². The molecule has 2 rings (SSSR count). The largest absolute Gasteiger partial charge is 0.573 e. The average molecular weight is 737 g/mol. The van der Waals surface area contributed by atoms with Crippen LogP contribution in [0.5, 0.6) is 11.5 Å². The van der Waals surface area contributed by atoms with E-state index in [9.17, 15) is 26.3 Å². The van der Waals surface area contributed by atoms with Crippen molar-refractivity contribution in [3.05, 3.63) is 144 Å². The highest BCUT2D eigenvalue weighted by molar-refractivity contribution is 5.83. The maximum atomic E-state index is 12.8. The minimum absolute atomic E-state index is 0.0400. The van der Waals surface area contributed by atoms with Crippen molar-refractivity contribution in [2.75, 3.05) is 13.1 Å². The van der Waals surface area contributed by atoms with Gasteiger partial charge in [0.25, 0.3) is 0 Å². The van der Waals surface area contributed by atoms with E-state index in [2.05, 4.69) is 29.4 Å². The lowest BCUT2D eigenvalue weighted by molar-refractivity contribution is -0.275. The molecule has 0 aliphatic rings. The molecule has 0 saturated heterocycles. The zero-order valence-electron chi connectivity index (χ0n) is 29.9. The van der Waals surface area contributed by atoms with E-state index < -0.39 is 24.2 Å². The zero-order chi connectivity index (χ0) is 39.0. The van der Waals surface area contributed by atoms with Gasteiger partial charge in [0.15, 0.2) is 11.5 Å². The summed E-state index contributed by atoms with van der Waals surface area (Å²) in [5.41, 5.74) is 3.24. The number of para-hydroxylation sites is 4. The Balaban J connectivity index is 2.09. The molecule has 0 saturated carbocycles. The molecule has 0 amide bonds. The van der Waals surface area contributed by atoms with Crippen molar-refractivity contribution < 1.29 is 35.8 Å². The number of ether oxygens (including phenoxy) is 2. The molecule has 0 spiro atoms. The molecule has 0 N–H and O–H groups in total. The smallest absolute Gasteiger partial charge is 0.403 e. The van der Waals surface area contributed by atoms with Crippen LogP contribution in [0.1, 0.15) is 34.1 Å². The predicted octanol–water partition coefficient (Wildman–Crippen LogP) is 12.1. The molecule has 0 bridgehead atoms.